The van der Waals surface area contributed by atoms with Crippen LogP contribution in [0.15, 0.2) is 18.2 Å². The van der Waals surface area contributed by atoms with E-state index in [1.54, 1.807) is 0 Å². The predicted molar refractivity (Wildman–Crippen MR) is 56.0 cm³/mol. The van der Waals surface area contributed by atoms with E-state index in [0.29, 0.717) is 6.42 Å². The molecular weight excluding hydrogens is 177 g/mol. The first kappa shape index (κ1) is 9.66. The smallest absolute Gasteiger partial charge is 0.148 e. The van der Waals surface area contributed by atoms with Crippen LogP contribution in [0.2, 0.25) is 0 Å². The second-order valence-electron chi connectivity index (χ2n) is 4.13. The standard InChI is InChI=1S/C12H16FN/c1-9-4-2-5-10-6-3-7-12(13,8-14)11(9)10/h2,4-5H,3,6-8,14H2,1H3. The summed E-state index contributed by atoms with van der Waals surface area (Å²) in [6, 6.07) is 5.98. The van der Waals surface area contributed by atoms with Crippen LogP contribution in [0.1, 0.15) is 29.5 Å². The molecule has 2 N–H and O–H groups in total. The van der Waals surface area contributed by atoms with Crippen LogP contribution in [0.3, 0.4) is 0 Å². The van der Waals surface area contributed by atoms with Crippen LogP contribution in [0.5, 0.6) is 0 Å². The van der Waals surface area contributed by atoms with Gasteiger partial charge in [-0.15, -0.1) is 0 Å². The number of halogens is 1. The molecule has 0 bridgehead atoms. The van der Waals surface area contributed by atoms with Crippen molar-refractivity contribution in [1.29, 1.82) is 0 Å². The first-order valence-electron chi connectivity index (χ1n) is 5.15. The van der Waals surface area contributed by atoms with Crippen LogP contribution in [0, 0.1) is 6.92 Å². The maximum absolute atomic E-state index is 14.4. The zero-order valence-electron chi connectivity index (χ0n) is 8.52. The fourth-order valence-corrected chi connectivity index (χ4v) is 2.47. The summed E-state index contributed by atoms with van der Waals surface area (Å²) in [6.07, 6.45) is 2.47. The van der Waals surface area contributed by atoms with Gasteiger partial charge in [-0.25, -0.2) is 4.39 Å². The third-order valence-corrected chi connectivity index (χ3v) is 3.15. The molecule has 14 heavy (non-hydrogen) atoms. The van der Waals surface area contributed by atoms with E-state index in [1.807, 2.05) is 25.1 Å². The van der Waals surface area contributed by atoms with E-state index in [0.717, 1.165) is 29.5 Å². The van der Waals surface area contributed by atoms with Gasteiger partial charge in [0.1, 0.15) is 5.67 Å². The van der Waals surface area contributed by atoms with Crippen LogP contribution in [-0.2, 0) is 12.1 Å². The minimum Gasteiger partial charge on any atom is -0.327 e. The van der Waals surface area contributed by atoms with Crippen molar-refractivity contribution in [3.8, 4) is 0 Å². The van der Waals surface area contributed by atoms with Gasteiger partial charge in [0.2, 0.25) is 0 Å². The second kappa shape index (κ2) is 3.35. The number of fused-ring (bicyclic) bond motifs is 1. The average Bonchev–Trinajstić information content (AvgIpc) is 2.18. The zero-order valence-corrected chi connectivity index (χ0v) is 8.52. The Morgan fingerprint density at radius 1 is 1.50 bits per heavy atom. The Labute approximate surface area is 84.1 Å². The average molecular weight is 193 g/mol. The summed E-state index contributed by atoms with van der Waals surface area (Å²) in [4.78, 5) is 0. The van der Waals surface area contributed by atoms with E-state index in [2.05, 4.69) is 0 Å². The number of nitrogens with two attached hydrogens (primary N) is 1. The molecule has 1 nitrogen and oxygen atoms in total. The van der Waals surface area contributed by atoms with E-state index in [-0.39, 0.29) is 6.54 Å². The Morgan fingerprint density at radius 3 is 3.00 bits per heavy atom. The van der Waals surface area contributed by atoms with Crippen molar-refractivity contribution in [2.75, 3.05) is 6.54 Å². The number of alkyl halides is 1. The predicted octanol–water partition coefficient (Wildman–Crippen LogP) is 2.45. The first-order valence-corrected chi connectivity index (χ1v) is 5.15. The summed E-state index contributed by atoms with van der Waals surface area (Å²) in [5, 5.41) is 0. The molecule has 1 aliphatic carbocycles. The van der Waals surface area contributed by atoms with Crippen molar-refractivity contribution in [3.63, 3.8) is 0 Å². The van der Waals surface area contributed by atoms with Crippen molar-refractivity contribution in [3.05, 3.63) is 34.9 Å². The molecule has 1 atom stereocenters. The van der Waals surface area contributed by atoms with Gasteiger partial charge in [-0.2, -0.15) is 0 Å². The van der Waals surface area contributed by atoms with Gasteiger partial charge in [-0.05, 0) is 42.9 Å². The van der Waals surface area contributed by atoms with Gasteiger partial charge in [0.15, 0.2) is 0 Å². The number of hydrogen-bond donors (Lipinski definition) is 1. The third-order valence-electron chi connectivity index (χ3n) is 3.15. The highest BCUT2D eigenvalue weighted by atomic mass is 19.1. The number of rotatable bonds is 1. The van der Waals surface area contributed by atoms with Crippen molar-refractivity contribution in [2.24, 2.45) is 5.73 Å². The molecular formula is C12H16FN. The maximum Gasteiger partial charge on any atom is 0.148 e. The molecule has 0 spiro atoms. The summed E-state index contributed by atoms with van der Waals surface area (Å²) in [5.41, 5.74) is 7.30. The SMILES string of the molecule is Cc1cccc2c1C(F)(CN)CCC2. The van der Waals surface area contributed by atoms with Gasteiger partial charge < -0.3 is 5.73 Å². The molecule has 0 heterocycles. The Balaban J connectivity index is 2.58. The first-order chi connectivity index (χ1) is 6.67. The Kier molecular flexibility index (Phi) is 2.31. The highest BCUT2D eigenvalue weighted by molar-refractivity contribution is 5.41. The lowest BCUT2D eigenvalue weighted by Crippen LogP contribution is -2.34. The Bertz CT molecular complexity index is 348. The molecule has 1 aromatic carbocycles. The van der Waals surface area contributed by atoms with Gasteiger partial charge in [-0.3, -0.25) is 0 Å². The van der Waals surface area contributed by atoms with Crippen LogP contribution in [-0.4, -0.2) is 6.54 Å². The highest BCUT2D eigenvalue weighted by Crippen LogP contribution is 2.39. The summed E-state index contributed by atoms with van der Waals surface area (Å²) < 4.78 is 14.4. The van der Waals surface area contributed by atoms with Crippen molar-refractivity contribution in [2.45, 2.75) is 31.9 Å². The largest absolute Gasteiger partial charge is 0.327 e. The zero-order chi connectivity index (χ0) is 10.2. The number of aryl methyl sites for hydroxylation is 2. The molecule has 1 aromatic rings. The lowest BCUT2D eigenvalue weighted by molar-refractivity contribution is 0.146. The fourth-order valence-electron chi connectivity index (χ4n) is 2.47. The molecule has 2 rings (SSSR count). The lowest BCUT2D eigenvalue weighted by Gasteiger charge is -2.32. The van der Waals surface area contributed by atoms with Gasteiger partial charge >= 0.3 is 0 Å². The van der Waals surface area contributed by atoms with Gasteiger partial charge in [0, 0.05) is 6.54 Å². The molecule has 1 aliphatic rings. The summed E-state index contributed by atoms with van der Waals surface area (Å²) in [5.74, 6) is 0. The summed E-state index contributed by atoms with van der Waals surface area (Å²) >= 11 is 0. The Morgan fingerprint density at radius 2 is 2.29 bits per heavy atom. The number of hydrogen-bond acceptors (Lipinski definition) is 1. The van der Waals surface area contributed by atoms with E-state index >= 15 is 0 Å². The molecule has 0 saturated carbocycles. The minimum absolute atomic E-state index is 0.102. The molecule has 2 heteroatoms. The van der Waals surface area contributed by atoms with Crippen LogP contribution >= 0.6 is 0 Å². The normalized spacial score (nSPS) is 25.9. The van der Waals surface area contributed by atoms with Gasteiger partial charge in [0.25, 0.3) is 0 Å². The van der Waals surface area contributed by atoms with Crippen LogP contribution in [0.4, 0.5) is 4.39 Å². The number of benzene rings is 1. The fraction of sp³-hybridized carbons (Fsp3) is 0.500. The molecule has 1 unspecified atom stereocenters. The van der Waals surface area contributed by atoms with Gasteiger partial charge in [-0.1, -0.05) is 18.2 Å². The van der Waals surface area contributed by atoms with E-state index < -0.39 is 5.67 Å². The minimum atomic E-state index is -1.28. The van der Waals surface area contributed by atoms with Gasteiger partial charge in [0.05, 0.1) is 0 Å². The molecule has 0 aliphatic heterocycles. The molecule has 0 amide bonds. The highest BCUT2D eigenvalue weighted by Gasteiger charge is 2.36. The van der Waals surface area contributed by atoms with Crippen molar-refractivity contribution >= 4 is 0 Å². The van der Waals surface area contributed by atoms with E-state index in [9.17, 15) is 4.39 Å². The molecule has 0 radical (unpaired) electrons. The van der Waals surface area contributed by atoms with E-state index in [4.69, 9.17) is 5.73 Å². The molecule has 0 aromatic heterocycles. The quantitative estimate of drug-likeness (QED) is 0.728. The molecule has 76 valence electrons. The van der Waals surface area contributed by atoms with Crippen LogP contribution < -0.4 is 5.73 Å². The summed E-state index contributed by atoms with van der Waals surface area (Å²) in [7, 11) is 0. The Hall–Kier alpha value is -0.890. The van der Waals surface area contributed by atoms with Crippen molar-refractivity contribution in [1.82, 2.24) is 0 Å². The molecule has 0 fully saturated rings. The monoisotopic (exact) mass is 193 g/mol. The second-order valence-corrected chi connectivity index (χ2v) is 4.13. The lowest BCUT2D eigenvalue weighted by atomic mass is 9.78. The van der Waals surface area contributed by atoms with E-state index in [1.165, 1.54) is 0 Å². The summed E-state index contributed by atoms with van der Waals surface area (Å²) in [6.45, 7) is 2.07. The molecule has 0 saturated heterocycles. The van der Waals surface area contributed by atoms with Crippen LogP contribution in [0.25, 0.3) is 0 Å². The van der Waals surface area contributed by atoms with Crippen molar-refractivity contribution < 1.29 is 4.39 Å². The third kappa shape index (κ3) is 1.34. The maximum atomic E-state index is 14.4. The topological polar surface area (TPSA) is 26.0 Å².